The number of thioether (sulfide) groups is 1. The van der Waals surface area contributed by atoms with E-state index >= 15 is 0 Å². The molecule has 2 aliphatic rings. The number of benzene rings is 2. The number of halogens is 1. The lowest BCUT2D eigenvalue weighted by atomic mass is 9.85. The van der Waals surface area contributed by atoms with Crippen LogP contribution in [-0.2, 0) is 4.79 Å². The summed E-state index contributed by atoms with van der Waals surface area (Å²) in [5, 5.41) is 3.58. The van der Waals surface area contributed by atoms with Crippen molar-refractivity contribution >= 4 is 45.4 Å². The summed E-state index contributed by atoms with van der Waals surface area (Å²) in [6.45, 7) is 2.28. The van der Waals surface area contributed by atoms with Gasteiger partial charge in [-0.05, 0) is 70.6 Å². The van der Waals surface area contributed by atoms with Crippen molar-refractivity contribution in [2.45, 2.75) is 44.1 Å². The van der Waals surface area contributed by atoms with Crippen LogP contribution in [-0.4, -0.2) is 29.5 Å². The van der Waals surface area contributed by atoms with Gasteiger partial charge in [-0.2, -0.15) is 0 Å². The lowest BCUT2D eigenvalue weighted by Gasteiger charge is -2.39. The first-order chi connectivity index (χ1) is 14.6. The zero-order valence-corrected chi connectivity index (χ0v) is 19.7. The first kappa shape index (κ1) is 21.3. The first-order valence-corrected chi connectivity index (χ1v) is 12.1. The highest BCUT2D eigenvalue weighted by molar-refractivity contribution is 9.10. The van der Waals surface area contributed by atoms with E-state index < -0.39 is 0 Å². The minimum Gasteiger partial charge on any atom is -0.496 e. The second-order valence-corrected chi connectivity index (χ2v) is 9.90. The van der Waals surface area contributed by atoms with Crippen LogP contribution in [0.5, 0.6) is 5.75 Å². The Kier molecular flexibility index (Phi) is 6.74. The molecule has 30 heavy (non-hydrogen) atoms. The van der Waals surface area contributed by atoms with Crippen molar-refractivity contribution in [2.75, 3.05) is 12.4 Å². The van der Waals surface area contributed by atoms with Gasteiger partial charge in [0, 0.05) is 11.7 Å². The Morgan fingerprint density at radius 1 is 1.17 bits per heavy atom. The van der Waals surface area contributed by atoms with Crippen LogP contribution >= 0.6 is 27.7 Å². The molecule has 1 aliphatic carbocycles. The number of hydrogen-bond acceptors (Lipinski definition) is 4. The minimum absolute atomic E-state index is 0.0987. The number of rotatable bonds is 5. The zero-order valence-electron chi connectivity index (χ0n) is 17.3. The number of carbonyl (C=O) groups is 1. The fourth-order valence-electron chi connectivity index (χ4n) is 4.29. The van der Waals surface area contributed by atoms with Gasteiger partial charge < -0.3 is 15.0 Å². The van der Waals surface area contributed by atoms with E-state index in [-0.39, 0.29) is 17.4 Å². The molecular formula is C24H27BrN2O2S. The van der Waals surface area contributed by atoms with Crippen molar-refractivity contribution in [1.29, 1.82) is 0 Å². The van der Waals surface area contributed by atoms with Crippen LogP contribution in [0.2, 0.25) is 0 Å². The van der Waals surface area contributed by atoms with Crippen LogP contribution in [0.15, 0.2) is 57.9 Å². The number of methoxy groups -OCH3 is 1. The smallest absolute Gasteiger partial charge is 0.262 e. The SMILES string of the molecule is COc1ccc(/C=C2\SC(Nc3ccccc3)N([C@@H]3CCCC[C@H]3C)C2=O)cc1Br. The molecule has 1 N–H and O–H groups in total. The van der Waals surface area contributed by atoms with E-state index in [1.165, 1.54) is 19.3 Å². The van der Waals surface area contributed by atoms with Crippen LogP contribution in [0.3, 0.4) is 0 Å². The Hall–Kier alpha value is -1.92. The molecule has 0 bridgehead atoms. The van der Waals surface area contributed by atoms with Crippen LogP contribution in [0, 0.1) is 5.92 Å². The third-order valence-corrected chi connectivity index (χ3v) is 7.63. The van der Waals surface area contributed by atoms with E-state index in [4.69, 9.17) is 4.74 Å². The number of para-hydroxylation sites is 1. The second-order valence-electron chi connectivity index (χ2n) is 7.92. The Balaban J connectivity index is 1.64. The van der Waals surface area contributed by atoms with Crippen molar-refractivity contribution in [2.24, 2.45) is 5.92 Å². The summed E-state index contributed by atoms with van der Waals surface area (Å²) in [5.41, 5.74) is 1.92. The summed E-state index contributed by atoms with van der Waals surface area (Å²) in [5.74, 6) is 1.42. The Labute approximate surface area is 191 Å². The number of carbonyl (C=O) groups excluding carboxylic acids is 1. The van der Waals surface area contributed by atoms with Gasteiger partial charge in [-0.3, -0.25) is 4.79 Å². The van der Waals surface area contributed by atoms with E-state index in [1.807, 2.05) is 42.5 Å². The van der Waals surface area contributed by atoms with Gasteiger partial charge >= 0.3 is 0 Å². The average Bonchev–Trinajstić information content (AvgIpc) is 3.04. The van der Waals surface area contributed by atoms with Crippen LogP contribution < -0.4 is 10.1 Å². The predicted octanol–water partition coefficient (Wildman–Crippen LogP) is 6.35. The van der Waals surface area contributed by atoms with Crippen molar-refractivity contribution < 1.29 is 9.53 Å². The number of amides is 1. The van der Waals surface area contributed by atoms with Crippen LogP contribution in [0.1, 0.15) is 38.2 Å². The van der Waals surface area contributed by atoms with Gasteiger partial charge in [0.2, 0.25) is 0 Å². The van der Waals surface area contributed by atoms with E-state index in [1.54, 1.807) is 18.9 Å². The molecule has 2 aromatic carbocycles. The topological polar surface area (TPSA) is 41.6 Å². The summed E-state index contributed by atoms with van der Waals surface area (Å²) in [6, 6.07) is 16.3. The van der Waals surface area contributed by atoms with Crippen LogP contribution in [0.4, 0.5) is 5.69 Å². The monoisotopic (exact) mass is 486 g/mol. The summed E-state index contributed by atoms with van der Waals surface area (Å²) in [7, 11) is 1.65. The summed E-state index contributed by atoms with van der Waals surface area (Å²) < 4.78 is 6.21. The molecule has 1 aliphatic heterocycles. The van der Waals surface area contributed by atoms with Gasteiger partial charge in [0.1, 0.15) is 5.75 Å². The average molecular weight is 487 g/mol. The highest BCUT2D eigenvalue weighted by Crippen LogP contribution is 2.42. The maximum atomic E-state index is 13.5. The number of anilines is 1. The molecule has 2 fully saturated rings. The van der Waals surface area contributed by atoms with E-state index in [2.05, 4.69) is 45.2 Å². The normalized spacial score (nSPS) is 25.6. The maximum Gasteiger partial charge on any atom is 0.262 e. The number of ether oxygens (including phenoxy) is 1. The number of nitrogens with zero attached hydrogens (tertiary/aromatic N) is 1. The molecule has 1 heterocycles. The zero-order chi connectivity index (χ0) is 21.1. The Morgan fingerprint density at radius 2 is 1.93 bits per heavy atom. The first-order valence-electron chi connectivity index (χ1n) is 10.4. The van der Waals surface area contributed by atoms with E-state index in [0.29, 0.717) is 5.92 Å². The molecule has 0 aromatic heterocycles. The van der Waals surface area contributed by atoms with Crippen LogP contribution in [0.25, 0.3) is 6.08 Å². The molecule has 6 heteroatoms. The molecule has 1 saturated heterocycles. The van der Waals surface area contributed by atoms with Crippen molar-refractivity contribution in [3.8, 4) is 5.75 Å². The highest BCUT2D eigenvalue weighted by atomic mass is 79.9. The summed E-state index contributed by atoms with van der Waals surface area (Å²) in [4.78, 5) is 16.4. The quantitative estimate of drug-likeness (QED) is 0.499. The fraction of sp³-hybridized carbons (Fsp3) is 0.375. The molecule has 1 amide bonds. The van der Waals surface area contributed by atoms with Gasteiger partial charge in [-0.15, -0.1) is 0 Å². The van der Waals surface area contributed by atoms with Crippen molar-refractivity contribution in [1.82, 2.24) is 4.90 Å². The highest BCUT2D eigenvalue weighted by Gasteiger charge is 2.42. The Morgan fingerprint density at radius 3 is 2.63 bits per heavy atom. The Bertz CT molecular complexity index is 934. The minimum atomic E-state index is -0.0987. The van der Waals surface area contributed by atoms with Crippen molar-refractivity contribution in [3.05, 3.63) is 63.5 Å². The van der Waals surface area contributed by atoms with Gasteiger partial charge in [-0.1, -0.05) is 55.8 Å². The molecule has 3 atom stereocenters. The molecule has 1 saturated carbocycles. The predicted molar refractivity (Wildman–Crippen MR) is 128 cm³/mol. The molecule has 0 spiro atoms. The lowest BCUT2D eigenvalue weighted by molar-refractivity contribution is -0.129. The number of nitrogens with one attached hydrogen (secondary N) is 1. The second kappa shape index (κ2) is 9.48. The molecule has 2 aromatic rings. The third-order valence-electron chi connectivity index (χ3n) is 5.90. The third kappa shape index (κ3) is 4.54. The van der Waals surface area contributed by atoms with Gasteiger partial charge in [0.05, 0.1) is 16.5 Å². The van der Waals surface area contributed by atoms with Gasteiger partial charge in [0.25, 0.3) is 5.91 Å². The molecule has 1 unspecified atom stereocenters. The van der Waals surface area contributed by atoms with Crippen molar-refractivity contribution in [3.63, 3.8) is 0 Å². The largest absolute Gasteiger partial charge is 0.496 e. The standard InChI is InChI=1S/C24H27BrN2O2S/c1-16-8-6-7-11-20(16)27-23(28)22(15-17-12-13-21(29-2)19(25)14-17)30-24(27)26-18-9-4-3-5-10-18/h3-5,9-10,12-16,20,24,26H,6-8,11H2,1-2H3/b22-15-/t16-,20-,24?/m1/s1. The maximum absolute atomic E-state index is 13.5. The summed E-state index contributed by atoms with van der Waals surface area (Å²) in [6.07, 6.45) is 6.69. The fourth-order valence-corrected chi connectivity index (χ4v) is 6.06. The molecular weight excluding hydrogens is 460 g/mol. The molecule has 158 valence electrons. The van der Waals surface area contributed by atoms with Gasteiger partial charge in [0.15, 0.2) is 5.50 Å². The molecule has 4 nitrogen and oxygen atoms in total. The van der Waals surface area contributed by atoms with Gasteiger partial charge in [-0.25, -0.2) is 0 Å². The summed E-state index contributed by atoms with van der Waals surface area (Å²) >= 11 is 5.15. The molecule has 4 rings (SSSR count). The number of hydrogen-bond donors (Lipinski definition) is 1. The van der Waals surface area contributed by atoms with E-state index in [0.717, 1.165) is 32.8 Å². The van der Waals surface area contributed by atoms with E-state index in [9.17, 15) is 4.79 Å². The lowest BCUT2D eigenvalue weighted by Crippen LogP contribution is -2.48. The molecule has 0 radical (unpaired) electrons.